The Balaban J connectivity index is 1.97. The van der Waals surface area contributed by atoms with Gasteiger partial charge >= 0.3 is 5.69 Å². The molecule has 32 heavy (non-hydrogen) atoms. The third kappa shape index (κ3) is 5.18. The highest BCUT2D eigenvalue weighted by Gasteiger charge is 2.21. The molecule has 0 unspecified atom stereocenters. The van der Waals surface area contributed by atoms with Crippen molar-refractivity contribution in [3.05, 3.63) is 50.9 Å². The van der Waals surface area contributed by atoms with E-state index in [-0.39, 0.29) is 28.1 Å². The van der Waals surface area contributed by atoms with Gasteiger partial charge in [0.2, 0.25) is 5.91 Å². The second kappa shape index (κ2) is 9.15. The van der Waals surface area contributed by atoms with Gasteiger partial charge in [-0.05, 0) is 17.5 Å². The predicted octanol–water partition coefficient (Wildman–Crippen LogP) is 2.36. The normalized spacial score (nSPS) is 11.6. The SMILES string of the molecule is COc1cccc(NC(=O)CSc2nc(CC(C)(C)C)nc3c2c(=O)n(C)c(=O)n3C)c1. The van der Waals surface area contributed by atoms with Crippen LogP contribution in [0.5, 0.6) is 5.75 Å². The molecule has 170 valence electrons. The number of ether oxygens (including phenoxy) is 1. The van der Waals surface area contributed by atoms with E-state index in [0.717, 1.165) is 16.3 Å². The summed E-state index contributed by atoms with van der Waals surface area (Å²) in [4.78, 5) is 46.9. The number of thioether (sulfide) groups is 1. The van der Waals surface area contributed by atoms with Crippen LogP contribution in [0, 0.1) is 5.41 Å². The molecule has 0 fully saturated rings. The van der Waals surface area contributed by atoms with E-state index in [1.165, 1.54) is 11.6 Å². The number of hydrogen-bond donors (Lipinski definition) is 1. The molecule has 0 aliphatic rings. The fourth-order valence-corrected chi connectivity index (χ4v) is 3.99. The summed E-state index contributed by atoms with van der Waals surface area (Å²) in [6.07, 6.45) is 0.551. The molecule has 0 radical (unpaired) electrons. The van der Waals surface area contributed by atoms with E-state index in [0.29, 0.717) is 28.7 Å². The molecule has 3 aromatic rings. The van der Waals surface area contributed by atoms with E-state index >= 15 is 0 Å². The van der Waals surface area contributed by atoms with Gasteiger partial charge in [-0.2, -0.15) is 0 Å². The van der Waals surface area contributed by atoms with E-state index in [4.69, 9.17) is 4.74 Å². The van der Waals surface area contributed by atoms with Gasteiger partial charge in [-0.3, -0.25) is 18.7 Å². The summed E-state index contributed by atoms with van der Waals surface area (Å²) in [6, 6.07) is 7.05. The van der Waals surface area contributed by atoms with Crippen molar-refractivity contribution in [2.24, 2.45) is 19.5 Å². The van der Waals surface area contributed by atoms with Crippen molar-refractivity contribution in [2.75, 3.05) is 18.2 Å². The van der Waals surface area contributed by atoms with Crippen LogP contribution in [0.2, 0.25) is 0 Å². The molecule has 0 saturated carbocycles. The molecule has 0 aliphatic carbocycles. The van der Waals surface area contributed by atoms with E-state index in [1.54, 1.807) is 38.4 Å². The number of carbonyl (C=O) groups excluding carboxylic acids is 1. The third-order valence-corrected chi connectivity index (χ3v) is 5.67. The number of methoxy groups -OCH3 is 1. The summed E-state index contributed by atoms with van der Waals surface area (Å²) in [5.41, 5.74) is -0.175. The monoisotopic (exact) mass is 457 g/mol. The van der Waals surface area contributed by atoms with Crippen LogP contribution in [-0.4, -0.2) is 37.9 Å². The van der Waals surface area contributed by atoms with Gasteiger partial charge in [-0.15, -0.1) is 0 Å². The minimum atomic E-state index is -0.485. The largest absolute Gasteiger partial charge is 0.497 e. The minimum absolute atomic E-state index is 0.0320. The number of benzene rings is 1. The standard InChI is InChI=1S/C22H27N5O4S/c1-22(2,3)11-15-24-18-17(20(29)27(5)21(30)26(18)4)19(25-15)32-12-16(28)23-13-8-7-9-14(10-13)31-6/h7-10H,11-12H2,1-6H3,(H,23,28). The molecule has 1 aromatic carbocycles. The second-order valence-electron chi connectivity index (χ2n) is 8.66. The molecule has 1 N–H and O–H groups in total. The smallest absolute Gasteiger partial charge is 0.332 e. The van der Waals surface area contributed by atoms with Gasteiger partial charge in [-0.1, -0.05) is 38.6 Å². The molecule has 0 bridgehead atoms. The van der Waals surface area contributed by atoms with Gasteiger partial charge in [0.05, 0.1) is 12.9 Å². The van der Waals surface area contributed by atoms with Gasteiger partial charge in [0.15, 0.2) is 5.65 Å². The molecule has 2 heterocycles. The second-order valence-corrected chi connectivity index (χ2v) is 9.62. The lowest BCUT2D eigenvalue weighted by atomic mass is 9.92. The van der Waals surface area contributed by atoms with Crippen molar-refractivity contribution >= 4 is 34.4 Å². The van der Waals surface area contributed by atoms with Gasteiger partial charge in [0.1, 0.15) is 22.0 Å². The lowest BCUT2D eigenvalue weighted by Crippen LogP contribution is -2.38. The molecular formula is C22H27N5O4S. The number of amides is 1. The fourth-order valence-electron chi connectivity index (χ4n) is 3.16. The highest BCUT2D eigenvalue weighted by atomic mass is 32.2. The molecular weight excluding hydrogens is 430 g/mol. The lowest BCUT2D eigenvalue weighted by Gasteiger charge is -2.18. The van der Waals surface area contributed by atoms with Crippen LogP contribution < -0.4 is 21.3 Å². The first kappa shape index (κ1) is 23.5. The molecule has 10 heteroatoms. The first-order chi connectivity index (χ1) is 15.0. The Kier molecular flexibility index (Phi) is 6.73. The zero-order valence-electron chi connectivity index (χ0n) is 19.1. The summed E-state index contributed by atoms with van der Waals surface area (Å²) < 4.78 is 7.54. The number of rotatable bonds is 6. The molecule has 0 aliphatic heterocycles. The fraction of sp³-hybridized carbons (Fsp3) is 0.409. The summed E-state index contributed by atoms with van der Waals surface area (Å²) in [5, 5.41) is 3.42. The maximum absolute atomic E-state index is 12.9. The summed E-state index contributed by atoms with van der Waals surface area (Å²) >= 11 is 1.14. The Hall–Kier alpha value is -3.14. The molecule has 3 rings (SSSR count). The predicted molar refractivity (Wildman–Crippen MR) is 126 cm³/mol. The maximum Gasteiger partial charge on any atom is 0.332 e. The van der Waals surface area contributed by atoms with Gasteiger partial charge < -0.3 is 10.1 Å². The average molecular weight is 458 g/mol. The van der Waals surface area contributed by atoms with Crippen LogP contribution in [0.15, 0.2) is 38.9 Å². The van der Waals surface area contributed by atoms with Crippen LogP contribution in [0.25, 0.3) is 11.0 Å². The third-order valence-electron chi connectivity index (χ3n) is 4.70. The van der Waals surface area contributed by atoms with Crippen molar-refractivity contribution in [1.82, 2.24) is 19.1 Å². The van der Waals surface area contributed by atoms with Crippen LogP contribution in [0.4, 0.5) is 5.69 Å². The van der Waals surface area contributed by atoms with E-state index in [2.05, 4.69) is 36.1 Å². The molecule has 9 nitrogen and oxygen atoms in total. The quantitative estimate of drug-likeness (QED) is 0.447. The maximum atomic E-state index is 12.9. The first-order valence-electron chi connectivity index (χ1n) is 10.0. The molecule has 0 atom stereocenters. The highest BCUT2D eigenvalue weighted by molar-refractivity contribution is 8.00. The van der Waals surface area contributed by atoms with Crippen LogP contribution in [0.1, 0.15) is 26.6 Å². The van der Waals surface area contributed by atoms with Crippen LogP contribution >= 0.6 is 11.8 Å². The van der Waals surface area contributed by atoms with Crippen LogP contribution in [0.3, 0.4) is 0 Å². The van der Waals surface area contributed by atoms with Crippen LogP contribution in [-0.2, 0) is 25.3 Å². The van der Waals surface area contributed by atoms with Crippen molar-refractivity contribution in [3.63, 3.8) is 0 Å². The zero-order valence-corrected chi connectivity index (χ0v) is 19.9. The Morgan fingerprint density at radius 2 is 1.88 bits per heavy atom. The van der Waals surface area contributed by atoms with E-state index in [9.17, 15) is 14.4 Å². The highest BCUT2D eigenvalue weighted by Crippen LogP contribution is 2.26. The van der Waals surface area contributed by atoms with Crippen molar-refractivity contribution in [2.45, 2.75) is 32.2 Å². The number of nitrogens with one attached hydrogen (secondary N) is 1. The molecule has 0 spiro atoms. The molecule has 1 amide bonds. The van der Waals surface area contributed by atoms with Gasteiger partial charge in [0, 0.05) is 32.3 Å². The Morgan fingerprint density at radius 1 is 1.16 bits per heavy atom. The Labute approximate surface area is 189 Å². The Bertz CT molecular complexity index is 1290. The number of fused-ring (bicyclic) bond motifs is 1. The minimum Gasteiger partial charge on any atom is -0.497 e. The van der Waals surface area contributed by atoms with Gasteiger partial charge in [0.25, 0.3) is 5.56 Å². The van der Waals surface area contributed by atoms with Crippen molar-refractivity contribution < 1.29 is 9.53 Å². The molecule has 2 aromatic heterocycles. The average Bonchev–Trinajstić information content (AvgIpc) is 2.73. The number of hydrogen-bond acceptors (Lipinski definition) is 7. The van der Waals surface area contributed by atoms with Crippen molar-refractivity contribution in [1.29, 1.82) is 0 Å². The number of anilines is 1. The van der Waals surface area contributed by atoms with Crippen molar-refractivity contribution in [3.8, 4) is 5.75 Å². The molecule has 0 saturated heterocycles. The van der Waals surface area contributed by atoms with Gasteiger partial charge in [-0.25, -0.2) is 14.8 Å². The first-order valence-corrected chi connectivity index (χ1v) is 11.0. The Morgan fingerprint density at radius 3 is 2.53 bits per heavy atom. The lowest BCUT2D eigenvalue weighted by molar-refractivity contribution is -0.113. The number of nitrogens with zero attached hydrogens (tertiary/aromatic N) is 4. The zero-order chi connectivity index (χ0) is 23.6. The van der Waals surface area contributed by atoms with E-state index in [1.807, 2.05) is 0 Å². The number of aromatic nitrogens is 4. The summed E-state index contributed by atoms with van der Waals surface area (Å²) in [6.45, 7) is 6.16. The summed E-state index contributed by atoms with van der Waals surface area (Å²) in [7, 11) is 4.54. The van der Waals surface area contributed by atoms with E-state index < -0.39 is 11.2 Å². The number of carbonyl (C=O) groups is 1. The topological polar surface area (TPSA) is 108 Å². The summed E-state index contributed by atoms with van der Waals surface area (Å²) in [5.74, 6) is 0.927. The number of aryl methyl sites for hydroxylation is 1.